The van der Waals surface area contributed by atoms with Crippen LogP contribution in [0, 0.1) is 0 Å². The first-order valence-electron chi connectivity index (χ1n) is 5.72. The van der Waals surface area contributed by atoms with Crippen molar-refractivity contribution in [2.24, 2.45) is 0 Å². The molecule has 17 heavy (non-hydrogen) atoms. The molecule has 6 nitrogen and oxygen atoms in total. The lowest BCUT2D eigenvalue weighted by atomic mass is 10.1. The Morgan fingerprint density at radius 1 is 1.47 bits per heavy atom. The molecule has 0 aliphatic heterocycles. The Morgan fingerprint density at radius 3 is 2.71 bits per heavy atom. The average molecular weight is 241 g/mol. The second kappa shape index (κ2) is 6.34. The predicted molar refractivity (Wildman–Crippen MR) is 61.4 cm³/mol. The molecule has 1 rings (SSSR count). The Labute approximate surface area is 101 Å². The van der Waals surface area contributed by atoms with Crippen molar-refractivity contribution in [2.75, 3.05) is 20.7 Å². The number of carbonyl (C=O) groups excluding carboxylic acids is 1. The molecule has 0 N–H and O–H groups in total. The Balaban J connectivity index is 2.75. The van der Waals surface area contributed by atoms with Gasteiger partial charge in [-0.15, -0.1) is 0 Å². The summed E-state index contributed by atoms with van der Waals surface area (Å²) in [6.07, 6.45) is 0.586. The van der Waals surface area contributed by atoms with E-state index in [0.29, 0.717) is 31.3 Å². The number of rotatable bonds is 6. The van der Waals surface area contributed by atoms with Crippen LogP contribution in [0.2, 0.25) is 0 Å². The van der Waals surface area contributed by atoms with Crippen LogP contribution in [0.15, 0.2) is 4.52 Å². The van der Waals surface area contributed by atoms with Crippen molar-refractivity contribution < 1.29 is 14.1 Å². The minimum atomic E-state index is -0.460. The number of ether oxygens (including phenoxy) is 1. The summed E-state index contributed by atoms with van der Waals surface area (Å²) in [6, 6.07) is 0. The van der Waals surface area contributed by atoms with E-state index in [4.69, 9.17) is 9.26 Å². The fourth-order valence-corrected chi connectivity index (χ4v) is 1.44. The molecular weight excluding hydrogens is 222 g/mol. The molecule has 1 heterocycles. The quantitative estimate of drug-likeness (QED) is 0.697. The highest BCUT2D eigenvalue weighted by molar-refractivity contribution is 5.76. The zero-order chi connectivity index (χ0) is 12.8. The van der Waals surface area contributed by atoms with Crippen LogP contribution in [0.4, 0.5) is 0 Å². The van der Waals surface area contributed by atoms with Crippen molar-refractivity contribution in [1.29, 1.82) is 0 Å². The van der Waals surface area contributed by atoms with Crippen molar-refractivity contribution in [1.82, 2.24) is 15.0 Å². The van der Waals surface area contributed by atoms with Crippen LogP contribution in [0.5, 0.6) is 0 Å². The summed E-state index contributed by atoms with van der Waals surface area (Å²) in [5, 5.41) is 3.83. The van der Waals surface area contributed by atoms with E-state index in [1.165, 1.54) is 0 Å². The normalized spacial score (nSPS) is 12.8. The number of esters is 1. The summed E-state index contributed by atoms with van der Waals surface area (Å²) in [7, 11) is 3.83. The predicted octanol–water partition coefficient (Wildman–Crippen LogP) is 1.19. The van der Waals surface area contributed by atoms with Gasteiger partial charge in [0.25, 0.3) is 0 Å². The Bertz CT molecular complexity index is 363. The molecule has 0 bridgehead atoms. The van der Waals surface area contributed by atoms with E-state index in [0.717, 1.165) is 0 Å². The zero-order valence-electron chi connectivity index (χ0n) is 10.8. The van der Waals surface area contributed by atoms with Gasteiger partial charge >= 0.3 is 5.97 Å². The summed E-state index contributed by atoms with van der Waals surface area (Å²) >= 11 is 0. The highest BCUT2D eigenvalue weighted by atomic mass is 16.5. The Kier molecular flexibility index (Phi) is 5.09. The van der Waals surface area contributed by atoms with Gasteiger partial charge in [-0.05, 0) is 27.4 Å². The fraction of sp³-hybridized carbons (Fsp3) is 0.727. The molecule has 0 aliphatic carbocycles. The molecule has 6 heteroatoms. The fourth-order valence-electron chi connectivity index (χ4n) is 1.44. The van der Waals surface area contributed by atoms with E-state index in [1.807, 2.05) is 25.9 Å². The number of nitrogens with zero attached hydrogens (tertiary/aromatic N) is 3. The largest absolute Gasteiger partial charge is 0.465 e. The molecule has 0 radical (unpaired) electrons. The summed E-state index contributed by atoms with van der Waals surface area (Å²) in [6.45, 7) is 4.60. The highest BCUT2D eigenvalue weighted by Gasteiger charge is 2.26. The second-order valence-electron chi connectivity index (χ2n) is 4.00. The van der Waals surface area contributed by atoms with E-state index in [2.05, 4.69) is 10.1 Å². The first kappa shape index (κ1) is 13.6. The van der Waals surface area contributed by atoms with Crippen molar-refractivity contribution >= 4 is 5.97 Å². The smallest absolute Gasteiger partial charge is 0.318 e. The van der Waals surface area contributed by atoms with E-state index in [-0.39, 0.29) is 5.97 Å². The van der Waals surface area contributed by atoms with E-state index < -0.39 is 5.92 Å². The summed E-state index contributed by atoms with van der Waals surface area (Å²) in [4.78, 5) is 17.8. The number of aromatic nitrogens is 2. The van der Waals surface area contributed by atoms with Gasteiger partial charge in [0.15, 0.2) is 5.82 Å². The van der Waals surface area contributed by atoms with Gasteiger partial charge in [-0.1, -0.05) is 12.1 Å². The van der Waals surface area contributed by atoms with E-state index >= 15 is 0 Å². The van der Waals surface area contributed by atoms with Crippen molar-refractivity contribution in [3.8, 4) is 0 Å². The van der Waals surface area contributed by atoms with Gasteiger partial charge in [-0.2, -0.15) is 4.98 Å². The second-order valence-corrected chi connectivity index (χ2v) is 4.00. The van der Waals surface area contributed by atoms with Gasteiger partial charge in [0, 0.05) is 0 Å². The van der Waals surface area contributed by atoms with Gasteiger partial charge in [0.2, 0.25) is 5.89 Å². The van der Waals surface area contributed by atoms with Gasteiger partial charge in [-0.25, -0.2) is 0 Å². The third-order valence-corrected chi connectivity index (χ3v) is 2.22. The van der Waals surface area contributed by atoms with E-state index in [1.54, 1.807) is 6.92 Å². The standard InChI is InChI=1S/C11H19N3O3/c1-5-8(11(15)16-6-2)10-12-9(13-17-10)7-14(3)4/h8H,5-7H2,1-4H3. The third kappa shape index (κ3) is 3.81. The first-order chi connectivity index (χ1) is 8.08. The van der Waals surface area contributed by atoms with E-state index in [9.17, 15) is 4.79 Å². The molecule has 0 spiro atoms. The molecule has 1 atom stereocenters. The van der Waals surface area contributed by atoms with Crippen LogP contribution in [-0.4, -0.2) is 41.7 Å². The summed E-state index contributed by atoms with van der Waals surface area (Å²) < 4.78 is 10.1. The monoisotopic (exact) mass is 241 g/mol. The molecule has 0 saturated heterocycles. The third-order valence-electron chi connectivity index (χ3n) is 2.22. The Hall–Kier alpha value is -1.43. The molecule has 0 fully saturated rings. The van der Waals surface area contributed by atoms with Gasteiger partial charge in [0.05, 0.1) is 13.2 Å². The van der Waals surface area contributed by atoms with Gasteiger partial charge in [0.1, 0.15) is 5.92 Å². The summed E-state index contributed by atoms with van der Waals surface area (Å²) in [5.41, 5.74) is 0. The maximum atomic E-state index is 11.6. The number of hydrogen-bond donors (Lipinski definition) is 0. The highest BCUT2D eigenvalue weighted by Crippen LogP contribution is 2.19. The molecule has 1 aromatic heterocycles. The first-order valence-corrected chi connectivity index (χ1v) is 5.72. The van der Waals surface area contributed by atoms with Crippen LogP contribution in [0.25, 0.3) is 0 Å². The molecule has 0 amide bonds. The van der Waals surface area contributed by atoms with Crippen molar-refractivity contribution in [3.63, 3.8) is 0 Å². The van der Waals surface area contributed by atoms with Crippen molar-refractivity contribution in [2.45, 2.75) is 32.7 Å². The van der Waals surface area contributed by atoms with Crippen LogP contribution in [0.3, 0.4) is 0 Å². The lowest BCUT2D eigenvalue weighted by Crippen LogP contribution is -2.16. The molecular formula is C11H19N3O3. The minimum Gasteiger partial charge on any atom is -0.465 e. The Morgan fingerprint density at radius 2 is 2.18 bits per heavy atom. The van der Waals surface area contributed by atoms with Crippen molar-refractivity contribution in [3.05, 3.63) is 11.7 Å². The SMILES string of the molecule is CCOC(=O)C(CC)c1nc(CN(C)C)no1. The van der Waals surface area contributed by atoms with Gasteiger partial charge < -0.3 is 14.2 Å². The number of carbonyl (C=O) groups is 1. The minimum absolute atomic E-state index is 0.310. The zero-order valence-corrected chi connectivity index (χ0v) is 10.8. The maximum absolute atomic E-state index is 11.6. The van der Waals surface area contributed by atoms with Crippen LogP contribution in [0.1, 0.15) is 37.9 Å². The molecule has 96 valence electrons. The topological polar surface area (TPSA) is 68.5 Å². The summed E-state index contributed by atoms with van der Waals surface area (Å²) in [5.74, 6) is 0.143. The van der Waals surface area contributed by atoms with Crippen LogP contribution < -0.4 is 0 Å². The molecule has 0 aromatic carbocycles. The molecule has 1 unspecified atom stereocenters. The van der Waals surface area contributed by atoms with Gasteiger partial charge in [-0.3, -0.25) is 4.79 Å². The maximum Gasteiger partial charge on any atom is 0.318 e. The van der Waals surface area contributed by atoms with Crippen LogP contribution >= 0.6 is 0 Å². The molecule has 0 aliphatic rings. The lowest BCUT2D eigenvalue weighted by Gasteiger charge is -2.08. The lowest BCUT2D eigenvalue weighted by molar-refractivity contribution is -0.145. The average Bonchev–Trinajstić information content (AvgIpc) is 2.67. The van der Waals surface area contributed by atoms with Crippen LogP contribution in [-0.2, 0) is 16.1 Å². The number of hydrogen-bond acceptors (Lipinski definition) is 6. The molecule has 1 aromatic rings. The molecule has 0 saturated carbocycles.